The Morgan fingerprint density at radius 1 is 1.20 bits per heavy atom. The monoisotopic (exact) mass is 428 g/mol. The predicted molar refractivity (Wildman–Crippen MR) is 117 cm³/mol. The van der Waals surface area contributed by atoms with Crippen molar-refractivity contribution >= 4 is 17.5 Å². The molecule has 9 heteroatoms. The molecular weight excluding hydrogens is 404 g/mol. The molecule has 0 aliphatic rings. The van der Waals surface area contributed by atoms with Crippen LogP contribution in [0.25, 0.3) is 0 Å². The van der Waals surface area contributed by atoms with Crippen molar-refractivity contribution in [2.24, 2.45) is 12.8 Å². The molecule has 1 amide bonds. The Labute approximate surface area is 179 Å². The summed E-state index contributed by atoms with van der Waals surface area (Å²) in [7, 11) is 1.88. The number of benzene rings is 1. The molecular formula is C21H25ClN6O2. The molecule has 3 rings (SSSR count). The number of carbonyl (C=O) groups is 1. The largest absolute Gasteiger partial charge is 0.352 e. The summed E-state index contributed by atoms with van der Waals surface area (Å²) < 4.78 is 3.25. The maximum absolute atomic E-state index is 12.8. The third kappa shape index (κ3) is 5.08. The highest BCUT2D eigenvalue weighted by atomic mass is 35.5. The van der Waals surface area contributed by atoms with E-state index >= 15 is 0 Å². The summed E-state index contributed by atoms with van der Waals surface area (Å²) in [5.41, 5.74) is 11.5. The molecule has 0 aliphatic carbocycles. The maximum Gasteiger partial charge on any atom is 0.272 e. The van der Waals surface area contributed by atoms with Gasteiger partial charge in [-0.3, -0.25) is 9.59 Å². The van der Waals surface area contributed by atoms with E-state index in [2.05, 4.69) is 15.7 Å². The zero-order valence-electron chi connectivity index (χ0n) is 17.0. The van der Waals surface area contributed by atoms with Gasteiger partial charge in [-0.25, -0.2) is 9.66 Å². The van der Waals surface area contributed by atoms with Gasteiger partial charge in [-0.15, -0.1) is 0 Å². The predicted octanol–water partition coefficient (Wildman–Crippen LogP) is 1.60. The van der Waals surface area contributed by atoms with Crippen molar-refractivity contribution in [3.63, 3.8) is 0 Å². The van der Waals surface area contributed by atoms with Crippen molar-refractivity contribution in [3.8, 4) is 0 Å². The smallest absolute Gasteiger partial charge is 0.272 e. The summed E-state index contributed by atoms with van der Waals surface area (Å²) in [5, 5.41) is 3.43. The highest BCUT2D eigenvalue weighted by molar-refractivity contribution is 6.30. The van der Waals surface area contributed by atoms with Crippen LogP contribution in [-0.2, 0) is 37.9 Å². The average Bonchev–Trinajstić information content (AvgIpc) is 3.14. The summed E-state index contributed by atoms with van der Waals surface area (Å²) in [4.78, 5) is 29.6. The molecule has 2 aromatic heterocycles. The first kappa shape index (κ1) is 21.6. The highest BCUT2D eigenvalue weighted by Gasteiger charge is 2.13. The van der Waals surface area contributed by atoms with E-state index in [0.717, 1.165) is 22.5 Å². The molecule has 4 N–H and O–H groups in total. The van der Waals surface area contributed by atoms with Gasteiger partial charge in [-0.1, -0.05) is 17.7 Å². The standard InChI is InChI=1S/C21H25ClN6O2/c1-14-5-7-28(26-13-19-24-6-8-27(19)2)21(30)18(14)10-20(29)25-12-16-9-17(22)4-3-15(16)11-23/h3-9,26H,10-13,23H2,1-2H3,(H,25,29). The van der Waals surface area contributed by atoms with Crippen LogP contribution in [0.15, 0.2) is 47.7 Å². The van der Waals surface area contributed by atoms with E-state index in [1.54, 1.807) is 30.6 Å². The Kier molecular flexibility index (Phi) is 6.91. The third-order valence-corrected chi connectivity index (χ3v) is 5.19. The van der Waals surface area contributed by atoms with Crippen molar-refractivity contribution in [3.05, 3.63) is 86.3 Å². The Morgan fingerprint density at radius 2 is 2.00 bits per heavy atom. The lowest BCUT2D eigenvalue weighted by atomic mass is 10.1. The summed E-state index contributed by atoms with van der Waals surface area (Å²) >= 11 is 6.04. The van der Waals surface area contributed by atoms with E-state index < -0.39 is 0 Å². The maximum atomic E-state index is 12.8. The zero-order chi connectivity index (χ0) is 21.7. The van der Waals surface area contributed by atoms with E-state index in [-0.39, 0.29) is 17.9 Å². The number of nitrogens with one attached hydrogen (secondary N) is 2. The average molecular weight is 429 g/mol. The van der Waals surface area contributed by atoms with Gasteiger partial charge in [-0.05, 0) is 41.8 Å². The summed E-state index contributed by atoms with van der Waals surface area (Å²) in [6.45, 7) is 2.85. The summed E-state index contributed by atoms with van der Waals surface area (Å²) in [6.07, 6.45) is 5.16. The lowest BCUT2D eigenvalue weighted by Gasteiger charge is -2.13. The molecule has 1 aromatic carbocycles. The number of hydrogen-bond donors (Lipinski definition) is 3. The number of nitrogens with zero attached hydrogens (tertiary/aromatic N) is 3. The van der Waals surface area contributed by atoms with Crippen LogP contribution >= 0.6 is 11.6 Å². The molecule has 0 bridgehead atoms. The second-order valence-electron chi connectivity index (χ2n) is 7.01. The lowest BCUT2D eigenvalue weighted by molar-refractivity contribution is -0.120. The van der Waals surface area contributed by atoms with Gasteiger partial charge in [0, 0.05) is 49.3 Å². The Balaban J connectivity index is 1.68. The lowest BCUT2D eigenvalue weighted by Crippen LogP contribution is -2.34. The van der Waals surface area contributed by atoms with E-state index in [4.69, 9.17) is 17.3 Å². The van der Waals surface area contributed by atoms with Crippen LogP contribution in [0, 0.1) is 6.92 Å². The normalized spacial score (nSPS) is 10.8. The van der Waals surface area contributed by atoms with Crippen LogP contribution in [0.3, 0.4) is 0 Å². The van der Waals surface area contributed by atoms with Crippen LogP contribution in [0.5, 0.6) is 0 Å². The second-order valence-corrected chi connectivity index (χ2v) is 7.45. The van der Waals surface area contributed by atoms with Gasteiger partial charge >= 0.3 is 0 Å². The van der Waals surface area contributed by atoms with E-state index in [1.807, 2.05) is 30.8 Å². The molecule has 0 radical (unpaired) electrons. The minimum absolute atomic E-state index is 0.0197. The van der Waals surface area contributed by atoms with Gasteiger partial charge in [0.1, 0.15) is 5.82 Å². The molecule has 0 aliphatic heterocycles. The number of pyridine rings is 1. The van der Waals surface area contributed by atoms with Gasteiger partial charge in [-0.2, -0.15) is 0 Å². The van der Waals surface area contributed by atoms with Gasteiger partial charge in [0.15, 0.2) is 0 Å². The fourth-order valence-electron chi connectivity index (χ4n) is 3.11. The van der Waals surface area contributed by atoms with Gasteiger partial charge in [0.05, 0.1) is 13.0 Å². The number of aromatic nitrogens is 3. The van der Waals surface area contributed by atoms with Crippen molar-refractivity contribution in [2.45, 2.75) is 33.0 Å². The number of halogens is 1. The highest BCUT2D eigenvalue weighted by Crippen LogP contribution is 2.16. The molecule has 30 heavy (non-hydrogen) atoms. The van der Waals surface area contributed by atoms with E-state index in [9.17, 15) is 9.59 Å². The van der Waals surface area contributed by atoms with Crippen LogP contribution in [0.4, 0.5) is 0 Å². The topological polar surface area (TPSA) is 107 Å². The van der Waals surface area contributed by atoms with Gasteiger partial charge in [0.2, 0.25) is 5.91 Å². The number of amides is 1. The van der Waals surface area contributed by atoms with Crippen LogP contribution in [0.1, 0.15) is 28.1 Å². The molecule has 0 saturated heterocycles. The number of imidazole rings is 1. The first-order valence-corrected chi connectivity index (χ1v) is 9.92. The van der Waals surface area contributed by atoms with Crippen molar-refractivity contribution in [1.29, 1.82) is 0 Å². The van der Waals surface area contributed by atoms with Crippen LogP contribution in [-0.4, -0.2) is 20.1 Å². The second kappa shape index (κ2) is 9.60. The zero-order valence-corrected chi connectivity index (χ0v) is 17.7. The van der Waals surface area contributed by atoms with Crippen molar-refractivity contribution < 1.29 is 4.79 Å². The quantitative estimate of drug-likeness (QED) is 0.505. The van der Waals surface area contributed by atoms with Gasteiger partial charge < -0.3 is 21.0 Å². The Hall–Kier alpha value is -3.10. The molecule has 0 saturated carbocycles. The molecule has 158 valence electrons. The van der Waals surface area contributed by atoms with Gasteiger partial charge in [0.25, 0.3) is 5.56 Å². The third-order valence-electron chi connectivity index (χ3n) is 4.96. The van der Waals surface area contributed by atoms with E-state index in [0.29, 0.717) is 30.2 Å². The minimum atomic E-state index is -0.259. The van der Waals surface area contributed by atoms with Crippen LogP contribution < -0.4 is 22.0 Å². The van der Waals surface area contributed by atoms with Crippen LogP contribution in [0.2, 0.25) is 5.02 Å². The molecule has 0 unspecified atom stereocenters. The molecule has 2 heterocycles. The summed E-state index contributed by atoms with van der Waals surface area (Å²) in [5.74, 6) is 0.541. The Bertz CT molecular complexity index is 1110. The Morgan fingerprint density at radius 3 is 2.70 bits per heavy atom. The number of rotatable bonds is 8. The first-order chi connectivity index (χ1) is 14.4. The fraction of sp³-hybridized carbons (Fsp3) is 0.286. The van der Waals surface area contributed by atoms with Crippen molar-refractivity contribution in [1.82, 2.24) is 19.5 Å². The molecule has 8 nitrogen and oxygen atoms in total. The first-order valence-electron chi connectivity index (χ1n) is 9.54. The number of hydrogen-bond acceptors (Lipinski definition) is 5. The SMILES string of the molecule is Cc1ccn(NCc2nccn2C)c(=O)c1CC(=O)NCc1cc(Cl)ccc1CN. The molecule has 3 aromatic rings. The minimum Gasteiger partial charge on any atom is -0.352 e. The van der Waals surface area contributed by atoms with E-state index in [1.165, 1.54) is 4.68 Å². The molecule has 0 atom stereocenters. The van der Waals surface area contributed by atoms with Crippen molar-refractivity contribution in [2.75, 3.05) is 5.43 Å². The number of nitrogens with two attached hydrogens (primary N) is 1. The molecule has 0 spiro atoms. The molecule has 0 fully saturated rings. The number of carbonyl (C=O) groups excluding carboxylic acids is 1. The summed E-state index contributed by atoms with van der Waals surface area (Å²) in [6, 6.07) is 7.20. The number of aryl methyl sites for hydroxylation is 2. The fourth-order valence-corrected chi connectivity index (χ4v) is 3.30.